The van der Waals surface area contributed by atoms with Gasteiger partial charge in [0.1, 0.15) is 5.82 Å². The quantitative estimate of drug-likeness (QED) is 0.156. The standard InChI is InChI=1S/C55H37FN2S/c1-36-34-43(31-33-44(36)46-14-5-8-19-51(46)58-52-20-9-6-15-47(52)48-32-26-40(56)35-53(48)58)57(41-27-22-38(23-28-41)37-12-3-2-4-13-37)42-29-24-39(25-30-42)45-17-11-18-50-49-16-7-10-21-54(49)59-55(45)50/h2-35H,1H3. The molecule has 9 aromatic carbocycles. The van der Waals surface area contributed by atoms with Crippen molar-refractivity contribution in [3.63, 3.8) is 0 Å². The normalized spacial score (nSPS) is 11.6. The molecule has 11 aromatic rings. The van der Waals surface area contributed by atoms with Gasteiger partial charge in [0.2, 0.25) is 0 Å². The number of aryl methyl sites for hydroxylation is 1. The molecule has 2 heterocycles. The number of para-hydroxylation sites is 2. The largest absolute Gasteiger partial charge is 0.310 e. The molecule has 11 rings (SSSR count). The Morgan fingerprint density at radius 3 is 1.83 bits per heavy atom. The van der Waals surface area contributed by atoms with Crippen LogP contribution in [0.15, 0.2) is 206 Å². The highest BCUT2D eigenvalue weighted by atomic mass is 32.1. The fourth-order valence-corrected chi connectivity index (χ4v) is 10.1. The van der Waals surface area contributed by atoms with Crippen molar-refractivity contribution in [2.75, 3.05) is 4.90 Å². The van der Waals surface area contributed by atoms with Crippen molar-refractivity contribution in [2.24, 2.45) is 0 Å². The Labute approximate surface area is 346 Å². The minimum atomic E-state index is -0.248. The second kappa shape index (κ2) is 14.3. The van der Waals surface area contributed by atoms with Gasteiger partial charge in [-0.2, -0.15) is 0 Å². The highest BCUT2D eigenvalue weighted by molar-refractivity contribution is 7.26. The molecule has 0 aliphatic carbocycles. The number of aromatic nitrogens is 1. The molecule has 59 heavy (non-hydrogen) atoms. The molecule has 0 unspecified atom stereocenters. The monoisotopic (exact) mass is 776 g/mol. The van der Waals surface area contributed by atoms with Crippen LogP contribution in [-0.4, -0.2) is 4.57 Å². The maximum Gasteiger partial charge on any atom is 0.125 e. The molecule has 0 saturated carbocycles. The van der Waals surface area contributed by atoms with Crippen molar-refractivity contribution in [3.05, 3.63) is 218 Å². The second-order valence-electron chi connectivity index (χ2n) is 15.1. The summed E-state index contributed by atoms with van der Waals surface area (Å²) in [5.41, 5.74) is 14.3. The lowest BCUT2D eigenvalue weighted by Crippen LogP contribution is -2.10. The van der Waals surface area contributed by atoms with E-state index in [-0.39, 0.29) is 5.82 Å². The van der Waals surface area contributed by atoms with E-state index in [2.05, 4.69) is 198 Å². The number of rotatable bonds is 7. The van der Waals surface area contributed by atoms with Crippen LogP contribution in [0.5, 0.6) is 0 Å². The van der Waals surface area contributed by atoms with Gasteiger partial charge in [-0.25, -0.2) is 4.39 Å². The third kappa shape index (κ3) is 6.00. The van der Waals surface area contributed by atoms with Gasteiger partial charge in [0.15, 0.2) is 0 Å². The van der Waals surface area contributed by atoms with Crippen LogP contribution in [-0.2, 0) is 0 Å². The Kier molecular flexibility index (Phi) is 8.46. The first-order valence-corrected chi connectivity index (χ1v) is 20.8. The van der Waals surface area contributed by atoms with E-state index >= 15 is 0 Å². The zero-order chi connectivity index (χ0) is 39.5. The van der Waals surface area contributed by atoms with E-state index < -0.39 is 0 Å². The molecule has 0 spiro atoms. The van der Waals surface area contributed by atoms with Crippen LogP contribution < -0.4 is 4.90 Å². The Morgan fingerprint density at radius 2 is 1.03 bits per heavy atom. The zero-order valence-electron chi connectivity index (χ0n) is 32.3. The van der Waals surface area contributed by atoms with Crippen molar-refractivity contribution in [3.8, 4) is 39.1 Å². The van der Waals surface area contributed by atoms with E-state index in [1.54, 1.807) is 12.1 Å². The van der Waals surface area contributed by atoms with Gasteiger partial charge in [-0.05, 0) is 113 Å². The molecule has 0 fully saturated rings. The molecule has 4 heteroatoms. The van der Waals surface area contributed by atoms with Crippen LogP contribution in [0, 0.1) is 12.7 Å². The topological polar surface area (TPSA) is 8.17 Å². The van der Waals surface area contributed by atoms with Crippen LogP contribution in [0.4, 0.5) is 21.5 Å². The second-order valence-corrected chi connectivity index (χ2v) is 16.2. The van der Waals surface area contributed by atoms with Crippen LogP contribution in [0.3, 0.4) is 0 Å². The molecular formula is C55H37FN2S. The molecule has 2 aromatic heterocycles. The summed E-state index contributed by atoms with van der Waals surface area (Å²) >= 11 is 1.86. The lowest BCUT2D eigenvalue weighted by Gasteiger charge is -2.27. The highest BCUT2D eigenvalue weighted by Gasteiger charge is 2.19. The first-order valence-electron chi connectivity index (χ1n) is 19.9. The Bertz CT molecular complexity index is 3340. The van der Waals surface area contributed by atoms with Crippen molar-refractivity contribution in [1.82, 2.24) is 4.57 Å². The fraction of sp³-hybridized carbons (Fsp3) is 0.0182. The summed E-state index contributed by atoms with van der Waals surface area (Å²) in [6.07, 6.45) is 0. The van der Waals surface area contributed by atoms with Gasteiger partial charge in [0.05, 0.1) is 16.7 Å². The molecule has 0 amide bonds. The number of hydrogen-bond acceptors (Lipinski definition) is 2. The Morgan fingerprint density at radius 1 is 0.424 bits per heavy atom. The average molecular weight is 777 g/mol. The summed E-state index contributed by atoms with van der Waals surface area (Å²) in [4.78, 5) is 2.34. The lowest BCUT2D eigenvalue weighted by molar-refractivity contribution is 0.629. The van der Waals surface area contributed by atoms with E-state index in [1.807, 2.05) is 23.5 Å². The number of thiophene rings is 1. The molecule has 0 N–H and O–H groups in total. The predicted molar refractivity (Wildman–Crippen MR) is 249 cm³/mol. The van der Waals surface area contributed by atoms with Crippen LogP contribution in [0.1, 0.15) is 5.56 Å². The van der Waals surface area contributed by atoms with Crippen molar-refractivity contribution in [1.29, 1.82) is 0 Å². The van der Waals surface area contributed by atoms with Gasteiger partial charge in [0, 0.05) is 53.6 Å². The average Bonchev–Trinajstić information content (AvgIpc) is 3.83. The first-order chi connectivity index (χ1) is 29.1. The number of halogens is 1. The van der Waals surface area contributed by atoms with Gasteiger partial charge in [-0.15, -0.1) is 11.3 Å². The maximum atomic E-state index is 14.9. The number of anilines is 3. The summed E-state index contributed by atoms with van der Waals surface area (Å²) in [6.45, 7) is 2.19. The molecule has 0 aliphatic rings. The molecule has 2 nitrogen and oxygen atoms in total. The summed E-state index contributed by atoms with van der Waals surface area (Å²) in [7, 11) is 0. The summed E-state index contributed by atoms with van der Waals surface area (Å²) in [5, 5.41) is 4.74. The molecule has 0 bridgehead atoms. The van der Waals surface area contributed by atoms with Gasteiger partial charge in [-0.3, -0.25) is 0 Å². The Balaban J connectivity index is 1.02. The summed E-state index contributed by atoms with van der Waals surface area (Å²) in [6, 6.07) is 72.3. The predicted octanol–water partition coefficient (Wildman–Crippen LogP) is 16.1. The van der Waals surface area contributed by atoms with E-state index in [9.17, 15) is 4.39 Å². The zero-order valence-corrected chi connectivity index (χ0v) is 33.1. The number of benzene rings is 9. The summed E-state index contributed by atoms with van der Waals surface area (Å²) < 4.78 is 19.7. The van der Waals surface area contributed by atoms with E-state index in [0.29, 0.717) is 0 Å². The number of hydrogen-bond donors (Lipinski definition) is 0. The SMILES string of the molecule is Cc1cc(N(c2ccc(-c3ccccc3)cc2)c2ccc(-c3cccc4c3sc3ccccc34)cc2)ccc1-c1ccccc1-n1c2ccccc2c2ccc(F)cc21. The van der Waals surface area contributed by atoms with Gasteiger partial charge in [0.25, 0.3) is 0 Å². The van der Waals surface area contributed by atoms with Crippen LogP contribution in [0.25, 0.3) is 81.0 Å². The molecular weight excluding hydrogens is 740 g/mol. The Hall–Kier alpha value is -7.27. The third-order valence-corrected chi connectivity index (χ3v) is 12.8. The molecule has 0 aliphatic heterocycles. The van der Waals surface area contributed by atoms with Crippen molar-refractivity contribution < 1.29 is 4.39 Å². The lowest BCUT2D eigenvalue weighted by atomic mass is 9.97. The minimum Gasteiger partial charge on any atom is -0.310 e. The third-order valence-electron chi connectivity index (χ3n) is 11.6. The minimum absolute atomic E-state index is 0.248. The summed E-state index contributed by atoms with van der Waals surface area (Å²) in [5.74, 6) is -0.248. The first kappa shape index (κ1) is 34.9. The van der Waals surface area contributed by atoms with Crippen LogP contribution in [0.2, 0.25) is 0 Å². The fourth-order valence-electron chi connectivity index (χ4n) is 8.83. The van der Waals surface area contributed by atoms with Gasteiger partial charge < -0.3 is 9.47 Å². The molecule has 280 valence electrons. The van der Waals surface area contributed by atoms with Crippen molar-refractivity contribution >= 4 is 70.4 Å². The van der Waals surface area contributed by atoms with E-state index in [4.69, 9.17) is 0 Å². The smallest absolute Gasteiger partial charge is 0.125 e. The van der Waals surface area contributed by atoms with Crippen LogP contribution >= 0.6 is 11.3 Å². The molecule has 0 atom stereocenters. The van der Waals surface area contributed by atoms with Gasteiger partial charge in [-0.1, -0.05) is 133 Å². The maximum absolute atomic E-state index is 14.9. The number of fused-ring (bicyclic) bond motifs is 6. The van der Waals surface area contributed by atoms with E-state index in [1.165, 1.54) is 42.4 Å². The molecule has 0 radical (unpaired) electrons. The highest BCUT2D eigenvalue weighted by Crippen LogP contribution is 2.43. The number of nitrogens with zero attached hydrogens (tertiary/aromatic N) is 2. The van der Waals surface area contributed by atoms with E-state index in [0.717, 1.165) is 61.2 Å². The van der Waals surface area contributed by atoms with Crippen molar-refractivity contribution in [2.45, 2.75) is 6.92 Å². The molecule has 0 saturated heterocycles. The van der Waals surface area contributed by atoms with Gasteiger partial charge >= 0.3 is 0 Å².